The number of hydrogen-bond acceptors (Lipinski definition) is 4. The minimum absolute atomic E-state index is 0.00330. The van der Waals surface area contributed by atoms with Crippen molar-refractivity contribution < 1.29 is 18.0 Å². The first-order valence-electron chi connectivity index (χ1n) is 9.35. The summed E-state index contributed by atoms with van der Waals surface area (Å²) in [5, 5.41) is 0. The highest BCUT2D eigenvalue weighted by atomic mass is 32.2. The lowest BCUT2D eigenvalue weighted by Crippen LogP contribution is -2.53. The van der Waals surface area contributed by atoms with Gasteiger partial charge in [0.1, 0.15) is 0 Å². The van der Waals surface area contributed by atoms with E-state index in [1.807, 2.05) is 36.1 Å². The highest BCUT2D eigenvalue weighted by Gasteiger charge is 2.33. The van der Waals surface area contributed by atoms with Gasteiger partial charge in [-0.3, -0.25) is 9.59 Å². The molecule has 2 fully saturated rings. The highest BCUT2D eigenvalue weighted by molar-refractivity contribution is 7.88. The molecule has 1 aromatic rings. The fourth-order valence-electron chi connectivity index (χ4n) is 3.70. The van der Waals surface area contributed by atoms with Crippen LogP contribution in [0.5, 0.6) is 0 Å². The van der Waals surface area contributed by atoms with Crippen molar-refractivity contribution in [2.75, 3.05) is 45.5 Å². The van der Waals surface area contributed by atoms with Gasteiger partial charge in [0.2, 0.25) is 15.9 Å². The molecule has 8 heteroatoms. The zero-order valence-electron chi connectivity index (χ0n) is 15.9. The number of piperazine rings is 1. The van der Waals surface area contributed by atoms with Gasteiger partial charge >= 0.3 is 0 Å². The van der Waals surface area contributed by atoms with Crippen LogP contribution in [0, 0.1) is 12.8 Å². The third-order valence-electron chi connectivity index (χ3n) is 5.45. The second-order valence-corrected chi connectivity index (χ2v) is 9.40. The lowest BCUT2D eigenvalue weighted by atomic mass is 9.96. The molecule has 0 unspecified atom stereocenters. The van der Waals surface area contributed by atoms with E-state index in [1.165, 1.54) is 10.6 Å². The Kier molecular flexibility index (Phi) is 5.86. The summed E-state index contributed by atoms with van der Waals surface area (Å²) in [4.78, 5) is 28.9. The summed E-state index contributed by atoms with van der Waals surface area (Å²) in [6, 6.07) is 7.53. The quantitative estimate of drug-likeness (QED) is 0.766. The number of nitrogens with zero attached hydrogens (tertiary/aromatic N) is 3. The Bertz CT molecular complexity index is 791. The molecule has 0 spiro atoms. The lowest BCUT2D eigenvalue weighted by molar-refractivity contribution is -0.138. The Morgan fingerprint density at radius 2 is 1.41 bits per heavy atom. The van der Waals surface area contributed by atoms with Gasteiger partial charge in [0.25, 0.3) is 5.91 Å². The van der Waals surface area contributed by atoms with Crippen LogP contribution in [0.3, 0.4) is 0 Å². The third-order valence-corrected chi connectivity index (χ3v) is 6.75. The van der Waals surface area contributed by atoms with Crippen LogP contribution in [0.15, 0.2) is 24.3 Å². The second kappa shape index (κ2) is 7.98. The molecule has 2 aliphatic rings. The zero-order chi connectivity index (χ0) is 19.6. The molecule has 3 rings (SSSR count). The summed E-state index contributed by atoms with van der Waals surface area (Å²) >= 11 is 0. The van der Waals surface area contributed by atoms with Crippen molar-refractivity contribution in [3.63, 3.8) is 0 Å². The van der Waals surface area contributed by atoms with Crippen LogP contribution in [-0.4, -0.2) is 79.9 Å². The van der Waals surface area contributed by atoms with Gasteiger partial charge in [0.15, 0.2) is 0 Å². The van der Waals surface area contributed by atoms with Crippen LogP contribution in [0.2, 0.25) is 0 Å². The van der Waals surface area contributed by atoms with Gasteiger partial charge in [-0.2, -0.15) is 0 Å². The molecule has 0 aliphatic carbocycles. The van der Waals surface area contributed by atoms with Crippen molar-refractivity contribution in [1.29, 1.82) is 0 Å². The van der Waals surface area contributed by atoms with Crippen LogP contribution in [-0.2, 0) is 14.8 Å². The van der Waals surface area contributed by atoms with E-state index in [4.69, 9.17) is 0 Å². The Morgan fingerprint density at radius 3 is 1.93 bits per heavy atom. The number of piperidine rings is 1. The summed E-state index contributed by atoms with van der Waals surface area (Å²) < 4.78 is 24.6. The van der Waals surface area contributed by atoms with Gasteiger partial charge in [0, 0.05) is 50.7 Å². The number of sulfonamides is 1. The van der Waals surface area contributed by atoms with Crippen LogP contribution < -0.4 is 0 Å². The zero-order valence-corrected chi connectivity index (χ0v) is 16.7. The first-order chi connectivity index (χ1) is 12.8. The van der Waals surface area contributed by atoms with E-state index in [2.05, 4.69) is 0 Å². The summed E-state index contributed by atoms with van der Waals surface area (Å²) in [6.45, 7) is 4.91. The Balaban J connectivity index is 1.51. The van der Waals surface area contributed by atoms with Crippen molar-refractivity contribution in [1.82, 2.24) is 14.1 Å². The Labute approximate surface area is 161 Å². The van der Waals surface area contributed by atoms with E-state index >= 15 is 0 Å². The molecule has 7 nitrogen and oxygen atoms in total. The average molecular weight is 394 g/mol. The normalized spacial score (nSPS) is 19.9. The number of benzene rings is 1. The number of rotatable bonds is 3. The number of carbonyl (C=O) groups excluding carboxylic acids is 2. The molecule has 2 heterocycles. The van der Waals surface area contributed by atoms with Gasteiger partial charge in [-0.15, -0.1) is 0 Å². The van der Waals surface area contributed by atoms with Crippen molar-refractivity contribution >= 4 is 21.8 Å². The molecule has 0 N–H and O–H groups in total. The Hall–Kier alpha value is -1.93. The maximum Gasteiger partial charge on any atom is 0.253 e. The maximum absolute atomic E-state index is 12.7. The number of aryl methyl sites for hydroxylation is 1. The molecular formula is C19H27N3O4S. The van der Waals surface area contributed by atoms with Gasteiger partial charge in [0.05, 0.1) is 6.26 Å². The monoisotopic (exact) mass is 393 g/mol. The molecule has 2 amide bonds. The summed E-state index contributed by atoms with van der Waals surface area (Å²) in [5.74, 6) is -0.0310. The molecule has 0 saturated carbocycles. The number of hydrogen-bond donors (Lipinski definition) is 0. The fourth-order valence-corrected chi connectivity index (χ4v) is 4.58. The predicted octanol–water partition coefficient (Wildman–Crippen LogP) is 0.951. The van der Waals surface area contributed by atoms with Gasteiger partial charge in [-0.1, -0.05) is 17.7 Å². The fraction of sp³-hybridized carbons (Fsp3) is 0.579. The van der Waals surface area contributed by atoms with Crippen molar-refractivity contribution in [2.45, 2.75) is 19.8 Å². The number of carbonyl (C=O) groups is 2. The van der Waals surface area contributed by atoms with Gasteiger partial charge < -0.3 is 9.80 Å². The van der Waals surface area contributed by atoms with Crippen LogP contribution in [0.25, 0.3) is 0 Å². The molecule has 0 radical (unpaired) electrons. The smallest absolute Gasteiger partial charge is 0.253 e. The highest BCUT2D eigenvalue weighted by Crippen LogP contribution is 2.22. The SMILES string of the molecule is Cc1ccc(C(=O)N2CCN(C(=O)C3CCN(S(C)(=O)=O)CC3)CC2)cc1. The van der Waals surface area contributed by atoms with Gasteiger partial charge in [-0.05, 0) is 31.9 Å². The van der Waals surface area contributed by atoms with Crippen molar-refractivity contribution in [3.8, 4) is 0 Å². The van der Waals surface area contributed by atoms with Gasteiger partial charge in [-0.25, -0.2) is 12.7 Å². The maximum atomic E-state index is 12.7. The van der Waals surface area contributed by atoms with Crippen LogP contribution in [0.4, 0.5) is 0 Å². The van der Waals surface area contributed by atoms with Crippen LogP contribution >= 0.6 is 0 Å². The molecule has 0 atom stereocenters. The van der Waals surface area contributed by atoms with E-state index in [-0.39, 0.29) is 17.7 Å². The molecule has 148 valence electrons. The van der Waals surface area contributed by atoms with E-state index in [9.17, 15) is 18.0 Å². The Morgan fingerprint density at radius 1 is 0.889 bits per heavy atom. The summed E-state index contributed by atoms with van der Waals surface area (Å²) in [5.41, 5.74) is 1.79. The molecule has 2 saturated heterocycles. The van der Waals surface area contributed by atoms with E-state index in [1.54, 1.807) is 4.90 Å². The largest absolute Gasteiger partial charge is 0.339 e. The first-order valence-corrected chi connectivity index (χ1v) is 11.2. The molecule has 0 aromatic heterocycles. The molecular weight excluding hydrogens is 366 g/mol. The topological polar surface area (TPSA) is 78.0 Å². The lowest BCUT2D eigenvalue weighted by Gasteiger charge is -2.38. The minimum atomic E-state index is -3.18. The molecule has 0 bridgehead atoms. The van der Waals surface area contributed by atoms with E-state index < -0.39 is 10.0 Å². The third kappa shape index (κ3) is 4.68. The second-order valence-electron chi connectivity index (χ2n) is 7.42. The van der Waals surface area contributed by atoms with E-state index in [0.29, 0.717) is 57.7 Å². The molecule has 2 aliphatic heterocycles. The summed E-state index contributed by atoms with van der Waals surface area (Å²) in [7, 11) is -3.18. The van der Waals surface area contributed by atoms with E-state index in [0.717, 1.165) is 5.56 Å². The standard InChI is InChI=1S/C19H27N3O4S/c1-15-3-5-16(6-4-15)18(23)20-11-13-21(14-12-20)19(24)17-7-9-22(10-8-17)27(2,25)26/h3-6,17H,7-14H2,1-2H3. The van der Waals surface area contributed by atoms with Crippen LogP contribution in [0.1, 0.15) is 28.8 Å². The average Bonchev–Trinajstić information content (AvgIpc) is 2.67. The summed E-state index contributed by atoms with van der Waals surface area (Å²) in [6.07, 6.45) is 2.34. The first kappa shape index (κ1) is 19.8. The van der Waals surface area contributed by atoms with Crippen molar-refractivity contribution in [3.05, 3.63) is 35.4 Å². The molecule has 27 heavy (non-hydrogen) atoms. The predicted molar refractivity (Wildman–Crippen MR) is 103 cm³/mol. The molecule has 1 aromatic carbocycles. The number of amides is 2. The minimum Gasteiger partial charge on any atom is -0.339 e. The van der Waals surface area contributed by atoms with Crippen molar-refractivity contribution in [2.24, 2.45) is 5.92 Å².